The number of benzene rings is 2. The van der Waals surface area contributed by atoms with Gasteiger partial charge in [0.05, 0.1) is 23.9 Å². The maximum atomic E-state index is 5.62. The summed E-state index contributed by atoms with van der Waals surface area (Å²) in [6.07, 6.45) is 0. The van der Waals surface area contributed by atoms with E-state index in [-0.39, 0.29) is 0 Å². The Balaban J connectivity index is 2.06. The van der Waals surface area contributed by atoms with E-state index in [0.717, 1.165) is 27.6 Å². The molecule has 0 unspecified atom stereocenters. The average molecular weight is 285 g/mol. The second-order valence-electron chi connectivity index (χ2n) is 4.29. The molecular weight excluding hydrogens is 270 g/mol. The Morgan fingerprint density at radius 1 is 1.10 bits per heavy atom. The molecule has 0 saturated carbocycles. The minimum Gasteiger partial charge on any atom is -0.493 e. The number of hydrogen-bond donors (Lipinski definition) is 0. The first-order valence-corrected chi connectivity index (χ1v) is 7.30. The highest BCUT2D eigenvalue weighted by atomic mass is 32.1. The molecule has 0 aliphatic carbocycles. The molecule has 2 aromatic carbocycles. The molecule has 0 radical (unpaired) electrons. The monoisotopic (exact) mass is 285 g/mol. The SMILES string of the molecule is CCOc1cc(-c2nc3ccccc3s2)ccc1OC. The fourth-order valence-corrected chi connectivity index (χ4v) is 3.04. The van der Waals surface area contributed by atoms with Crippen LogP contribution in [0, 0.1) is 0 Å². The van der Waals surface area contributed by atoms with Crippen molar-refractivity contribution in [1.82, 2.24) is 4.98 Å². The molecule has 4 heteroatoms. The van der Waals surface area contributed by atoms with Gasteiger partial charge in [-0.3, -0.25) is 0 Å². The molecule has 0 aliphatic heterocycles. The van der Waals surface area contributed by atoms with E-state index < -0.39 is 0 Å². The maximum Gasteiger partial charge on any atom is 0.161 e. The number of fused-ring (bicyclic) bond motifs is 1. The maximum absolute atomic E-state index is 5.62. The summed E-state index contributed by atoms with van der Waals surface area (Å²) < 4.78 is 12.1. The second-order valence-corrected chi connectivity index (χ2v) is 5.32. The fourth-order valence-electron chi connectivity index (χ4n) is 2.07. The quantitative estimate of drug-likeness (QED) is 0.713. The van der Waals surface area contributed by atoms with Gasteiger partial charge in [0.15, 0.2) is 11.5 Å². The lowest BCUT2D eigenvalue weighted by Crippen LogP contribution is -1.95. The minimum atomic E-state index is 0.611. The van der Waals surface area contributed by atoms with E-state index in [1.54, 1.807) is 18.4 Å². The van der Waals surface area contributed by atoms with E-state index in [4.69, 9.17) is 9.47 Å². The summed E-state index contributed by atoms with van der Waals surface area (Å²) in [6, 6.07) is 14.1. The zero-order valence-electron chi connectivity index (χ0n) is 11.4. The number of hydrogen-bond acceptors (Lipinski definition) is 4. The van der Waals surface area contributed by atoms with Crippen LogP contribution in [0.1, 0.15) is 6.92 Å². The Morgan fingerprint density at radius 3 is 2.70 bits per heavy atom. The van der Waals surface area contributed by atoms with E-state index in [0.29, 0.717) is 6.61 Å². The third-order valence-corrected chi connectivity index (χ3v) is 4.09. The van der Waals surface area contributed by atoms with Gasteiger partial charge in [0.1, 0.15) is 5.01 Å². The molecule has 0 atom stereocenters. The molecule has 102 valence electrons. The number of methoxy groups -OCH3 is 1. The van der Waals surface area contributed by atoms with Crippen molar-refractivity contribution in [2.24, 2.45) is 0 Å². The summed E-state index contributed by atoms with van der Waals surface area (Å²) in [5.41, 5.74) is 2.08. The van der Waals surface area contributed by atoms with Crippen LogP contribution >= 0.6 is 11.3 Å². The minimum absolute atomic E-state index is 0.611. The summed E-state index contributed by atoms with van der Waals surface area (Å²) >= 11 is 1.68. The van der Waals surface area contributed by atoms with Crippen LogP contribution in [0.3, 0.4) is 0 Å². The lowest BCUT2D eigenvalue weighted by atomic mass is 10.2. The lowest BCUT2D eigenvalue weighted by Gasteiger charge is -2.09. The third-order valence-electron chi connectivity index (χ3n) is 3.00. The van der Waals surface area contributed by atoms with Crippen molar-refractivity contribution in [1.29, 1.82) is 0 Å². The molecule has 0 bridgehead atoms. The Morgan fingerprint density at radius 2 is 1.95 bits per heavy atom. The van der Waals surface area contributed by atoms with Crippen LogP contribution in [-0.4, -0.2) is 18.7 Å². The number of nitrogens with zero attached hydrogens (tertiary/aromatic N) is 1. The molecule has 0 saturated heterocycles. The van der Waals surface area contributed by atoms with Gasteiger partial charge in [-0.15, -0.1) is 11.3 Å². The Hall–Kier alpha value is -2.07. The number of aromatic nitrogens is 1. The lowest BCUT2D eigenvalue weighted by molar-refractivity contribution is 0.311. The molecule has 0 spiro atoms. The van der Waals surface area contributed by atoms with Crippen molar-refractivity contribution in [3.63, 3.8) is 0 Å². The van der Waals surface area contributed by atoms with E-state index in [1.165, 1.54) is 4.70 Å². The summed E-state index contributed by atoms with van der Waals surface area (Å²) in [6.45, 7) is 2.57. The third kappa shape index (κ3) is 2.34. The first kappa shape index (κ1) is 12.9. The van der Waals surface area contributed by atoms with Gasteiger partial charge in [0.2, 0.25) is 0 Å². The Kier molecular flexibility index (Phi) is 3.56. The topological polar surface area (TPSA) is 31.4 Å². The molecule has 3 aromatic rings. The smallest absolute Gasteiger partial charge is 0.161 e. The van der Waals surface area contributed by atoms with Gasteiger partial charge in [-0.1, -0.05) is 12.1 Å². The summed E-state index contributed by atoms with van der Waals surface area (Å²) in [5.74, 6) is 1.50. The highest BCUT2D eigenvalue weighted by Gasteiger charge is 2.10. The summed E-state index contributed by atoms with van der Waals surface area (Å²) in [4.78, 5) is 4.66. The first-order valence-electron chi connectivity index (χ1n) is 6.48. The molecule has 0 aliphatic rings. The van der Waals surface area contributed by atoms with E-state index in [1.807, 2.05) is 43.3 Å². The molecule has 0 N–H and O–H groups in total. The molecule has 20 heavy (non-hydrogen) atoms. The van der Waals surface area contributed by atoms with Crippen molar-refractivity contribution in [2.75, 3.05) is 13.7 Å². The molecule has 1 heterocycles. The van der Waals surface area contributed by atoms with E-state index in [2.05, 4.69) is 11.1 Å². The van der Waals surface area contributed by atoms with Crippen LogP contribution in [0.2, 0.25) is 0 Å². The average Bonchev–Trinajstić information content (AvgIpc) is 2.91. The zero-order valence-corrected chi connectivity index (χ0v) is 12.2. The number of thiazole rings is 1. The van der Waals surface area contributed by atoms with E-state index >= 15 is 0 Å². The highest BCUT2D eigenvalue weighted by Crippen LogP contribution is 2.35. The summed E-state index contributed by atoms with van der Waals surface area (Å²) in [5, 5.41) is 0.995. The van der Waals surface area contributed by atoms with Crippen LogP contribution in [0.15, 0.2) is 42.5 Å². The predicted molar refractivity (Wildman–Crippen MR) is 82.8 cm³/mol. The van der Waals surface area contributed by atoms with Crippen LogP contribution < -0.4 is 9.47 Å². The Labute approximate surface area is 121 Å². The van der Waals surface area contributed by atoms with Crippen LogP contribution in [-0.2, 0) is 0 Å². The van der Waals surface area contributed by atoms with Gasteiger partial charge in [-0.2, -0.15) is 0 Å². The van der Waals surface area contributed by atoms with Crippen molar-refractivity contribution < 1.29 is 9.47 Å². The van der Waals surface area contributed by atoms with Crippen molar-refractivity contribution in [3.05, 3.63) is 42.5 Å². The van der Waals surface area contributed by atoms with E-state index in [9.17, 15) is 0 Å². The summed E-state index contributed by atoms with van der Waals surface area (Å²) in [7, 11) is 1.65. The van der Waals surface area contributed by atoms with Gasteiger partial charge in [-0.25, -0.2) is 4.98 Å². The van der Waals surface area contributed by atoms with Crippen LogP contribution in [0.5, 0.6) is 11.5 Å². The number of para-hydroxylation sites is 1. The van der Waals surface area contributed by atoms with Gasteiger partial charge < -0.3 is 9.47 Å². The largest absolute Gasteiger partial charge is 0.493 e. The number of rotatable bonds is 4. The molecular formula is C16H15NO2S. The van der Waals surface area contributed by atoms with Gasteiger partial charge in [0.25, 0.3) is 0 Å². The van der Waals surface area contributed by atoms with Gasteiger partial charge in [-0.05, 0) is 37.3 Å². The molecule has 0 amide bonds. The first-order chi connectivity index (χ1) is 9.81. The number of ether oxygens (including phenoxy) is 2. The Bertz CT molecular complexity index is 703. The second kappa shape index (κ2) is 5.51. The van der Waals surface area contributed by atoms with Crippen molar-refractivity contribution >= 4 is 21.6 Å². The molecule has 1 aromatic heterocycles. The van der Waals surface area contributed by atoms with Gasteiger partial charge >= 0.3 is 0 Å². The standard InChI is InChI=1S/C16H15NO2S/c1-3-19-14-10-11(8-9-13(14)18-2)16-17-12-6-4-5-7-15(12)20-16/h4-10H,3H2,1-2H3. The highest BCUT2D eigenvalue weighted by molar-refractivity contribution is 7.21. The molecule has 3 rings (SSSR count). The van der Waals surface area contributed by atoms with Crippen molar-refractivity contribution in [2.45, 2.75) is 6.92 Å². The molecule has 3 nitrogen and oxygen atoms in total. The zero-order chi connectivity index (χ0) is 13.9. The fraction of sp³-hybridized carbons (Fsp3) is 0.188. The predicted octanol–water partition coefficient (Wildman–Crippen LogP) is 4.37. The van der Waals surface area contributed by atoms with Crippen LogP contribution in [0.4, 0.5) is 0 Å². The van der Waals surface area contributed by atoms with Crippen molar-refractivity contribution in [3.8, 4) is 22.1 Å². The normalized spacial score (nSPS) is 10.7. The van der Waals surface area contributed by atoms with Crippen LogP contribution in [0.25, 0.3) is 20.8 Å². The molecule has 0 fully saturated rings. The van der Waals surface area contributed by atoms with Gasteiger partial charge in [0, 0.05) is 5.56 Å².